The summed E-state index contributed by atoms with van der Waals surface area (Å²) in [6.07, 6.45) is 0.993. The molecule has 0 fully saturated rings. The second-order valence-electron chi connectivity index (χ2n) is 5.36. The third-order valence-corrected chi connectivity index (χ3v) is 3.78. The minimum atomic E-state index is -0.0718. The molecule has 0 saturated heterocycles. The Morgan fingerprint density at radius 2 is 1.86 bits per heavy atom. The SMILES string of the molecule is CCc1ccc(NC(=O)Cn2nc(C)c3ccccc32)cc1. The summed E-state index contributed by atoms with van der Waals surface area (Å²) in [5.74, 6) is -0.0718. The van der Waals surface area contributed by atoms with E-state index in [9.17, 15) is 4.79 Å². The van der Waals surface area contributed by atoms with Crippen molar-refractivity contribution < 1.29 is 4.79 Å². The van der Waals surface area contributed by atoms with E-state index in [4.69, 9.17) is 0 Å². The van der Waals surface area contributed by atoms with E-state index in [2.05, 4.69) is 17.3 Å². The Labute approximate surface area is 129 Å². The maximum absolute atomic E-state index is 12.2. The average Bonchev–Trinajstić information content (AvgIpc) is 2.85. The van der Waals surface area contributed by atoms with E-state index in [0.717, 1.165) is 28.7 Å². The van der Waals surface area contributed by atoms with E-state index in [0.29, 0.717) is 0 Å². The van der Waals surface area contributed by atoms with Gasteiger partial charge in [0.05, 0.1) is 11.2 Å². The van der Waals surface area contributed by atoms with Crippen LogP contribution < -0.4 is 5.32 Å². The summed E-state index contributed by atoms with van der Waals surface area (Å²) < 4.78 is 1.75. The lowest BCUT2D eigenvalue weighted by Crippen LogP contribution is -2.19. The lowest BCUT2D eigenvalue weighted by Gasteiger charge is -2.07. The van der Waals surface area contributed by atoms with Crippen molar-refractivity contribution in [3.05, 3.63) is 59.8 Å². The van der Waals surface area contributed by atoms with Gasteiger partial charge in [0.1, 0.15) is 6.54 Å². The van der Waals surface area contributed by atoms with Gasteiger partial charge >= 0.3 is 0 Å². The number of benzene rings is 2. The van der Waals surface area contributed by atoms with Crippen LogP contribution in [0.15, 0.2) is 48.5 Å². The number of nitrogens with zero attached hydrogens (tertiary/aromatic N) is 2. The Bertz CT molecular complexity index is 803. The molecule has 2 aromatic carbocycles. The van der Waals surface area contributed by atoms with Crippen molar-refractivity contribution in [1.82, 2.24) is 9.78 Å². The minimum absolute atomic E-state index is 0.0718. The molecule has 0 aliphatic rings. The van der Waals surface area contributed by atoms with E-state index in [1.807, 2.05) is 55.5 Å². The second-order valence-corrected chi connectivity index (χ2v) is 5.36. The van der Waals surface area contributed by atoms with Gasteiger partial charge in [-0.3, -0.25) is 9.48 Å². The van der Waals surface area contributed by atoms with Gasteiger partial charge in [0.2, 0.25) is 5.91 Å². The van der Waals surface area contributed by atoms with Crippen molar-refractivity contribution >= 4 is 22.5 Å². The van der Waals surface area contributed by atoms with Crippen molar-refractivity contribution in [2.45, 2.75) is 26.8 Å². The summed E-state index contributed by atoms with van der Waals surface area (Å²) >= 11 is 0. The monoisotopic (exact) mass is 293 g/mol. The van der Waals surface area contributed by atoms with Gasteiger partial charge in [-0.2, -0.15) is 5.10 Å². The van der Waals surface area contributed by atoms with Crippen LogP contribution in [0.1, 0.15) is 18.2 Å². The molecule has 0 bridgehead atoms. The minimum Gasteiger partial charge on any atom is -0.324 e. The fourth-order valence-electron chi connectivity index (χ4n) is 2.57. The predicted molar refractivity (Wildman–Crippen MR) is 88.9 cm³/mol. The predicted octanol–water partition coefficient (Wildman–Crippen LogP) is 3.55. The molecule has 0 aliphatic heterocycles. The number of rotatable bonds is 4. The van der Waals surface area contributed by atoms with Crippen molar-refractivity contribution in [2.75, 3.05) is 5.32 Å². The van der Waals surface area contributed by atoms with E-state index in [-0.39, 0.29) is 12.5 Å². The largest absolute Gasteiger partial charge is 0.324 e. The molecule has 1 N–H and O–H groups in total. The molecule has 0 atom stereocenters. The molecule has 0 saturated carbocycles. The fourth-order valence-corrected chi connectivity index (χ4v) is 2.57. The van der Waals surface area contributed by atoms with E-state index >= 15 is 0 Å². The highest BCUT2D eigenvalue weighted by molar-refractivity contribution is 5.92. The highest BCUT2D eigenvalue weighted by Gasteiger charge is 2.10. The Hall–Kier alpha value is -2.62. The van der Waals surface area contributed by atoms with E-state index < -0.39 is 0 Å². The number of aryl methyl sites for hydroxylation is 2. The summed E-state index contributed by atoms with van der Waals surface area (Å²) in [5, 5.41) is 8.46. The van der Waals surface area contributed by atoms with Gasteiger partial charge in [-0.15, -0.1) is 0 Å². The summed E-state index contributed by atoms with van der Waals surface area (Å²) in [7, 11) is 0. The highest BCUT2D eigenvalue weighted by atomic mass is 16.2. The zero-order valence-corrected chi connectivity index (χ0v) is 12.8. The zero-order valence-electron chi connectivity index (χ0n) is 12.8. The van der Waals surface area contributed by atoms with Crippen LogP contribution in [0.4, 0.5) is 5.69 Å². The summed E-state index contributed by atoms with van der Waals surface area (Å²) in [6, 6.07) is 15.9. The van der Waals surface area contributed by atoms with Crippen LogP contribution in [0.3, 0.4) is 0 Å². The van der Waals surface area contributed by atoms with Crippen molar-refractivity contribution in [1.29, 1.82) is 0 Å². The number of para-hydroxylation sites is 1. The molecule has 1 heterocycles. The van der Waals surface area contributed by atoms with Crippen LogP contribution in [0.25, 0.3) is 10.9 Å². The second kappa shape index (κ2) is 6.02. The lowest BCUT2D eigenvalue weighted by molar-refractivity contribution is -0.116. The number of nitrogens with one attached hydrogen (secondary N) is 1. The van der Waals surface area contributed by atoms with Crippen LogP contribution in [-0.2, 0) is 17.8 Å². The molecule has 0 spiro atoms. The number of aromatic nitrogens is 2. The van der Waals surface area contributed by atoms with Crippen LogP contribution in [0.5, 0.6) is 0 Å². The van der Waals surface area contributed by atoms with Gasteiger partial charge in [-0.25, -0.2) is 0 Å². The van der Waals surface area contributed by atoms with Gasteiger partial charge < -0.3 is 5.32 Å². The molecule has 3 aromatic rings. The molecular weight excluding hydrogens is 274 g/mol. The highest BCUT2D eigenvalue weighted by Crippen LogP contribution is 2.17. The van der Waals surface area contributed by atoms with Gasteiger partial charge in [0.15, 0.2) is 0 Å². The lowest BCUT2D eigenvalue weighted by atomic mass is 10.1. The summed E-state index contributed by atoms with van der Waals surface area (Å²) in [5.41, 5.74) is 3.99. The molecule has 4 nitrogen and oxygen atoms in total. The molecule has 3 rings (SSSR count). The van der Waals surface area contributed by atoms with Gasteiger partial charge in [0, 0.05) is 11.1 Å². The smallest absolute Gasteiger partial charge is 0.246 e. The number of hydrogen-bond donors (Lipinski definition) is 1. The van der Waals surface area contributed by atoms with E-state index in [1.54, 1.807) is 4.68 Å². The molecular formula is C18H19N3O. The standard InChI is InChI=1S/C18H19N3O/c1-3-14-8-10-15(11-9-14)19-18(22)12-21-17-7-5-4-6-16(17)13(2)20-21/h4-11H,3,12H2,1-2H3,(H,19,22). The summed E-state index contributed by atoms with van der Waals surface area (Å²) in [4.78, 5) is 12.2. The number of carbonyl (C=O) groups excluding carboxylic acids is 1. The Balaban J connectivity index is 1.75. The molecule has 0 aliphatic carbocycles. The van der Waals surface area contributed by atoms with Gasteiger partial charge in [-0.1, -0.05) is 37.3 Å². The molecule has 0 unspecified atom stereocenters. The van der Waals surface area contributed by atoms with Gasteiger partial charge in [0.25, 0.3) is 0 Å². The molecule has 1 aromatic heterocycles. The first-order valence-corrected chi connectivity index (χ1v) is 7.48. The first kappa shape index (κ1) is 14.3. The maximum atomic E-state index is 12.2. The molecule has 22 heavy (non-hydrogen) atoms. The van der Waals surface area contributed by atoms with Gasteiger partial charge in [-0.05, 0) is 37.1 Å². The Morgan fingerprint density at radius 3 is 2.59 bits per heavy atom. The Morgan fingerprint density at radius 1 is 1.14 bits per heavy atom. The average molecular weight is 293 g/mol. The van der Waals surface area contributed by atoms with E-state index in [1.165, 1.54) is 5.56 Å². The zero-order chi connectivity index (χ0) is 15.5. The molecule has 0 radical (unpaired) electrons. The number of hydrogen-bond acceptors (Lipinski definition) is 2. The van der Waals surface area contributed by atoms with Crippen LogP contribution in [-0.4, -0.2) is 15.7 Å². The number of anilines is 1. The first-order valence-electron chi connectivity index (χ1n) is 7.48. The Kier molecular flexibility index (Phi) is 3.92. The topological polar surface area (TPSA) is 46.9 Å². The quantitative estimate of drug-likeness (QED) is 0.799. The summed E-state index contributed by atoms with van der Waals surface area (Å²) in [6.45, 7) is 4.28. The number of fused-ring (bicyclic) bond motifs is 1. The maximum Gasteiger partial charge on any atom is 0.246 e. The van der Waals surface area contributed by atoms with Crippen molar-refractivity contribution in [3.8, 4) is 0 Å². The van der Waals surface area contributed by atoms with Crippen LogP contribution in [0.2, 0.25) is 0 Å². The third kappa shape index (κ3) is 2.86. The number of carbonyl (C=O) groups is 1. The molecule has 4 heteroatoms. The van der Waals surface area contributed by atoms with Crippen LogP contribution in [0, 0.1) is 6.92 Å². The van der Waals surface area contributed by atoms with Crippen molar-refractivity contribution in [3.63, 3.8) is 0 Å². The molecule has 112 valence electrons. The normalized spacial score (nSPS) is 10.8. The molecule has 1 amide bonds. The fraction of sp³-hybridized carbons (Fsp3) is 0.222. The number of amides is 1. The third-order valence-electron chi connectivity index (χ3n) is 3.78. The van der Waals surface area contributed by atoms with Crippen molar-refractivity contribution in [2.24, 2.45) is 0 Å². The first-order chi connectivity index (χ1) is 10.7. The van der Waals surface area contributed by atoms with Crippen LogP contribution >= 0.6 is 0 Å².